The van der Waals surface area contributed by atoms with E-state index < -0.39 is 6.16 Å². The summed E-state index contributed by atoms with van der Waals surface area (Å²) in [6, 6.07) is 4.86. The Bertz CT molecular complexity index is 467. The molecule has 0 amide bonds. The third-order valence-electron chi connectivity index (χ3n) is 1.59. The number of nitrogens with one attached hydrogen (secondary N) is 1. The first-order valence-electron chi connectivity index (χ1n) is 3.64. The molecule has 2 aromatic rings. The van der Waals surface area contributed by atoms with Gasteiger partial charge in [0.05, 0.1) is 5.52 Å². The van der Waals surface area contributed by atoms with Gasteiger partial charge in [-0.3, -0.25) is 9.99 Å². The number of aromatic nitrogens is 3. The van der Waals surface area contributed by atoms with E-state index in [2.05, 4.69) is 25.0 Å². The van der Waals surface area contributed by atoms with E-state index in [9.17, 15) is 4.79 Å². The SMILES string of the molecule is O=C(OO)Oc1cccc2[nH]nnc12. The number of ether oxygens (including phenoxy) is 1. The highest BCUT2D eigenvalue weighted by atomic mass is 17.1. The Balaban J connectivity index is 2.41. The normalized spacial score (nSPS) is 10.1. The Hall–Kier alpha value is -2.15. The summed E-state index contributed by atoms with van der Waals surface area (Å²) in [5.41, 5.74) is 1.01. The van der Waals surface area contributed by atoms with Crippen LogP contribution in [-0.2, 0) is 4.89 Å². The summed E-state index contributed by atoms with van der Waals surface area (Å²) < 4.78 is 4.60. The number of fused-ring (bicyclic) bond motifs is 1. The number of rotatable bonds is 1. The van der Waals surface area contributed by atoms with Gasteiger partial charge in [-0.25, -0.2) is 4.79 Å². The van der Waals surface area contributed by atoms with Crippen LogP contribution in [0.5, 0.6) is 5.75 Å². The van der Waals surface area contributed by atoms with Crippen LogP contribution in [0.4, 0.5) is 4.79 Å². The second kappa shape index (κ2) is 3.30. The minimum atomic E-state index is -1.22. The number of nitrogens with zero attached hydrogens (tertiary/aromatic N) is 2. The minimum Gasteiger partial charge on any atom is -0.391 e. The van der Waals surface area contributed by atoms with Crippen LogP contribution >= 0.6 is 0 Å². The van der Waals surface area contributed by atoms with Gasteiger partial charge in [0.15, 0.2) is 11.3 Å². The number of carbonyl (C=O) groups excluding carboxylic acids is 1. The van der Waals surface area contributed by atoms with E-state index in [1.807, 2.05) is 0 Å². The Labute approximate surface area is 77.2 Å². The fourth-order valence-electron chi connectivity index (χ4n) is 1.04. The van der Waals surface area contributed by atoms with E-state index in [-0.39, 0.29) is 5.75 Å². The summed E-state index contributed by atoms with van der Waals surface area (Å²) in [7, 11) is 0. The molecule has 2 N–H and O–H groups in total. The highest BCUT2D eigenvalue weighted by molar-refractivity contribution is 5.82. The van der Waals surface area contributed by atoms with Crippen molar-refractivity contribution in [2.75, 3.05) is 0 Å². The third kappa shape index (κ3) is 1.36. The summed E-state index contributed by atoms with van der Waals surface area (Å²) in [4.78, 5) is 14.0. The first-order chi connectivity index (χ1) is 6.81. The Morgan fingerprint density at radius 2 is 2.36 bits per heavy atom. The van der Waals surface area contributed by atoms with Crippen molar-refractivity contribution in [1.82, 2.24) is 15.4 Å². The van der Waals surface area contributed by atoms with E-state index in [0.717, 1.165) is 0 Å². The first-order valence-corrected chi connectivity index (χ1v) is 3.64. The molecule has 1 aromatic heterocycles. The van der Waals surface area contributed by atoms with Crippen molar-refractivity contribution in [3.63, 3.8) is 0 Å². The van der Waals surface area contributed by atoms with Gasteiger partial charge in [0.2, 0.25) is 0 Å². The topological polar surface area (TPSA) is 97.3 Å². The zero-order valence-corrected chi connectivity index (χ0v) is 6.80. The Morgan fingerprint density at radius 3 is 3.14 bits per heavy atom. The molecule has 14 heavy (non-hydrogen) atoms. The largest absolute Gasteiger partial charge is 0.545 e. The monoisotopic (exact) mass is 195 g/mol. The molecule has 0 saturated heterocycles. The molecule has 7 heteroatoms. The lowest BCUT2D eigenvalue weighted by Gasteiger charge is -1.99. The molecule has 0 aliphatic rings. The van der Waals surface area contributed by atoms with Gasteiger partial charge >= 0.3 is 6.16 Å². The second-order valence-electron chi connectivity index (χ2n) is 2.41. The number of benzene rings is 1. The first kappa shape index (κ1) is 8.45. The molecule has 0 bridgehead atoms. The van der Waals surface area contributed by atoms with Gasteiger partial charge in [0.25, 0.3) is 0 Å². The lowest BCUT2D eigenvalue weighted by atomic mass is 10.3. The highest BCUT2D eigenvalue weighted by Gasteiger charge is 2.10. The van der Waals surface area contributed by atoms with E-state index in [0.29, 0.717) is 11.0 Å². The van der Waals surface area contributed by atoms with Crippen molar-refractivity contribution in [2.24, 2.45) is 0 Å². The summed E-state index contributed by atoms with van der Waals surface area (Å²) in [5, 5.41) is 17.8. The van der Waals surface area contributed by atoms with Crippen LogP contribution in [0.15, 0.2) is 18.2 Å². The van der Waals surface area contributed by atoms with Crippen molar-refractivity contribution in [3.05, 3.63) is 18.2 Å². The van der Waals surface area contributed by atoms with Gasteiger partial charge in [-0.15, -0.1) is 5.10 Å². The van der Waals surface area contributed by atoms with Crippen LogP contribution in [0.3, 0.4) is 0 Å². The molecule has 0 fully saturated rings. The van der Waals surface area contributed by atoms with E-state index >= 15 is 0 Å². The lowest BCUT2D eigenvalue weighted by Crippen LogP contribution is -2.07. The predicted molar refractivity (Wildman–Crippen MR) is 43.6 cm³/mol. The zero-order chi connectivity index (χ0) is 9.97. The number of aromatic amines is 1. The summed E-state index contributed by atoms with van der Waals surface area (Å²) >= 11 is 0. The molecule has 2 rings (SSSR count). The van der Waals surface area contributed by atoms with Gasteiger partial charge < -0.3 is 4.74 Å². The molecule has 0 spiro atoms. The maximum Gasteiger partial charge on any atom is 0.545 e. The smallest absolute Gasteiger partial charge is 0.391 e. The van der Waals surface area contributed by atoms with Crippen LogP contribution < -0.4 is 4.74 Å². The van der Waals surface area contributed by atoms with Crippen molar-refractivity contribution in [1.29, 1.82) is 0 Å². The van der Waals surface area contributed by atoms with E-state index in [1.165, 1.54) is 6.07 Å². The Morgan fingerprint density at radius 1 is 1.50 bits per heavy atom. The van der Waals surface area contributed by atoms with Gasteiger partial charge in [-0.05, 0) is 12.1 Å². The number of hydrogen-bond acceptors (Lipinski definition) is 6. The van der Waals surface area contributed by atoms with Crippen LogP contribution in [0.1, 0.15) is 0 Å². The van der Waals surface area contributed by atoms with Gasteiger partial charge in [-0.1, -0.05) is 11.3 Å². The van der Waals surface area contributed by atoms with Crippen LogP contribution in [0, 0.1) is 0 Å². The number of hydrogen-bond donors (Lipinski definition) is 2. The summed E-state index contributed by atoms with van der Waals surface area (Å²) in [6.45, 7) is 0. The summed E-state index contributed by atoms with van der Waals surface area (Å²) in [6.07, 6.45) is -1.22. The highest BCUT2D eigenvalue weighted by Crippen LogP contribution is 2.21. The van der Waals surface area contributed by atoms with E-state index in [4.69, 9.17) is 5.26 Å². The maximum atomic E-state index is 10.6. The molecule has 1 heterocycles. The van der Waals surface area contributed by atoms with Crippen molar-refractivity contribution in [3.8, 4) is 5.75 Å². The molecule has 7 nitrogen and oxygen atoms in total. The number of carbonyl (C=O) groups is 1. The molecular formula is C7H5N3O4. The third-order valence-corrected chi connectivity index (χ3v) is 1.59. The molecule has 0 aliphatic heterocycles. The average molecular weight is 195 g/mol. The van der Waals surface area contributed by atoms with Crippen molar-refractivity contribution >= 4 is 17.2 Å². The molecule has 72 valence electrons. The predicted octanol–water partition coefficient (Wildman–Crippen LogP) is 0.946. The van der Waals surface area contributed by atoms with Crippen molar-refractivity contribution < 1.29 is 19.7 Å². The molecule has 0 unspecified atom stereocenters. The average Bonchev–Trinajstić information content (AvgIpc) is 2.66. The van der Waals surface area contributed by atoms with Gasteiger partial charge in [0, 0.05) is 0 Å². The molecule has 0 aliphatic carbocycles. The molecule has 1 aromatic carbocycles. The quantitative estimate of drug-likeness (QED) is 0.304. The van der Waals surface area contributed by atoms with Crippen LogP contribution in [-0.4, -0.2) is 26.8 Å². The second-order valence-corrected chi connectivity index (χ2v) is 2.41. The van der Waals surface area contributed by atoms with Gasteiger partial charge in [-0.2, -0.15) is 5.26 Å². The molecule has 0 atom stereocenters. The fraction of sp³-hybridized carbons (Fsp3) is 0. The van der Waals surface area contributed by atoms with E-state index in [1.54, 1.807) is 12.1 Å². The Kier molecular flexibility index (Phi) is 1.99. The molecule has 0 saturated carbocycles. The van der Waals surface area contributed by atoms with Crippen LogP contribution in [0.2, 0.25) is 0 Å². The summed E-state index contributed by atoms with van der Waals surface area (Å²) in [5.74, 6) is 0.162. The lowest BCUT2D eigenvalue weighted by molar-refractivity contribution is -0.191. The number of H-pyrrole nitrogens is 1. The maximum absolute atomic E-state index is 10.6. The zero-order valence-electron chi connectivity index (χ0n) is 6.80. The fourth-order valence-corrected chi connectivity index (χ4v) is 1.04. The molecule has 0 radical (unpaired) electrons. The minimum absolute atomic E-state index is 0.162. The standard InChI is InChI=1S/C7H5N3O4/c11-7(14-12)13-5-3-1-2-4-6(5)9-10-8-4/h1-3,12H,(H,8,9,10). The van der Waals surface area contributed by atoms with Crippen molar-refractivity contribution in [2.45, 2.75) is 0 Å². The van der Waals surface area contributed by atoms with Crippen LogP contribution in [0.25, 0.3) is 11.0 Å². The molecular weight excluding hydrogens is 190 g/mol. The van der Waals surface area contributed by atoms with Gasteiger partial charge in [0.1, 0.15) is 0 Å².